The van der Waals surface area contributed by atoms with E-state index in [1.54, 1.807) is 4.57 Å². The van der Waals surface area contributed by atoms with Gasteiger partial charge >= 0.3 is 6.18 Å². The van der Waals surface area contributed by atoms with Gasteiger partial charge in [-0.1, -0.05) is 24.3 Å². The molecule has 0 atom stereocenters. The van der Waals surface area contributed by atoms with Crippen molar-refractivity contribution in [2.24, 2.45) is 0 Å². The molecule has 2 heterocycles. The summed E-state index contributed by atoms with van der Waals surface area (Å²) in [6, 6.07) is 10.9. The molecule has 3 nitrogen and oxygen atoms in total. The minimum Gasteiger partial charge on any atom is -0.292 e. The molecule has 0 amide bonds. The monoisotopic (exact) mass is 356 g/mol. The molecule has 0 N–H and O–H groups in total. The minimum absolute atomic E-state index is 0.0775. The van der Waals surface area contributed by atoms with Crippen LogP contribution in [0.15, 0.2) is 47.3 Å². The number of rotatable bonds is 1. The van der Waals surface area contributed by atoms with E-state index in [1.165, 1.54) is 6.07 Å². The fourth-order valence-electron chi connectivity index (χ4n) is 3.27. The number of benzene rings is 2. The highest BCUT2D eigenvalue weighted by Gasteiger charge is 2.31. The van der Waals surface area contributed by atoms with Crippen LogP contribution < -0.4 is 5.56 Å². The van der Waals surface area contributed by atoms with Gasteiger partial charge in [0.15, 0.2) is 0 Å². The summed E-state index contributed by atoms with van der Waals surface area (Å²) in [5.41, 5.74) is 1.93. The molecule has 0 saturated carbocycles. The molecule has 0 spiro atoms. The summed E-state index contributed by atoms with van der Waals surface area (Å²) in [4.78, 5) is 17.1. The van der Waals surface area contributed by atoms with Gasteiger partial charge in [-0.15, -0.1) is 0 Å². The van der Waals surface area contributed by atoms with Crippen molar-refractivity contribution < 1.29 is 13.2 Å². The van der Waals surface area contributed by atoms with Gasteiger partial charge in [0.2, 0.25) is 0 Å². The van der Waals surface area contributed by atoms with Crippen LogP contribution in [0.2, 0.25) is 0 Å². The van der Waals surface area contributed by atoms with Gasteiger partial charge in [-0.05, 0) is 54.3 Å². The topological polar surface area (TPSA) is 34.9 Å². The summed E-state index contributed by atoms with van der Waals surface area (Å²) >= 11 is 0. The van der Waals surface area contributed by atoms with Gasteiger partial charge in [0.05, 0.1) is 16.5 Å². The lowest BCUT2D eigenvalue weighted by atomic mass is 10.0. The summed E-state index contributed by atoms with van der Waals surface area (Å²) in [6.07, 6.45) is -1.88. The first kappa shape index (κ1) is 16.6. The molecular weight excluding hydrogens is 341 g/mol. The molecule has 1 aliphatic heterocycles. The fourth-order valence-corrected chi connectivity index (χ4v) is 3.27. The number of nitrogens with zero attached hydrogens (tertiary/aromatic N) is 2. The summed E-state index contributed by atoms with van der Waals surface area (Å²) in [6.45, 7) is 2.47. The largest absolute Gasteiger partial charge is 0.416 e. The standard InChI is InChI=1S/C20H15F3N2O/c1-12-4-2-3-5-13(12)10-14-8-9-25-18(14)24-17-11-15(20(21,22)23)6-7-16(17)19(25)26/h2-7,10-11H,8-9H2,1H3/b14-10+. The maximum atomic E-state index is 13.0. The zero-order valence-electron chi connectivity index (χ0n) is 14.0. The lowest BCUT2D eigenvalue weighted by Crippen LogP contribution is -2.21. The summed E-state index contributed by atoms with van der Waals surface area (Å²) < 4.78 is 40.5. The van der Waals surface area contributed by atoms with Gasteiger partial charge in [-0.25, -0.2) is 4.98 Å². The van der Waals surface area contributed by atoms with E-state index in [-0.39, 0.29) is 16.5 Å². The second-order valence-corrected chi connectivity index (χ2v) is 6.40. The van der Waals surface area contributed by atoms with E-state index >= 15 is 0 Å². The molecular formula is C20H15F3N2O. The van der Waals surface area contributed by atoms with Crippen molar-refractivity contribution in [3.8, 4) is 0 Å². The first-order valence-electron chi connectivity index (χ1n) is 8.23. The third-order valence-corrected chi connectivity index (χ3v) is 4.69. The van der Waals surface area contributed by atoms with Crippen LogP contribution in [0, 0.1) is 6.92 Å². The van der Waals surface area contributed by atoms with Gasteiger partial charge in [0, 0.05) is 6.54 Å². The molecule has 0 aliphatic carbocycles. The molecule has 0 radical (unpaired) electrons. The molecule has 132 valence electrons. The molecule has 4 rings (SSSR count). The third-order valence-electron chi connectivity index (χ3n) is 4.69. The lowest BCUT2D eigenvalue weighted by molar-refractivity contribution is -0.137. The molecule has 0 fully saturated rings. The Bertz CT molecular complexity index is 1110. The van der Waals surface area contributed by atoms with Crippen molar-refractivity contribution in [2.75, 3.05) is 0 Å². The Labute approximate surface area is 147 Å². The second kappa shape index (κ2) is 5.83. The molecule has 0 unspecified atom stereocenters. The molecule has 2 aromatic carbocycles. The maximum Gasteiger partial charge on any atom is 0.416 e. The molecule has 3 aromatic rings. The number of hydrogen-bond donors (Lipinski definition) is 0. The fraction of sp³-hybridized carbons (Fsp3) is 0.200. The van der Waals surface area contributed by atoms with Crippen LogP contribution in [-0.2, 0) is 12.7 Å². The molecule has 1 aromatic heterocycles. The Morgan fingerprint density at radius 1 is 1.15 bits per heavy atom. The van der Waals surface area contributed by atoms with E-state index in [9.17, 15) is 18.0 Å². The van der Waals surface area contributed by atoms with E-state index in [4.69, 9.17) is 0 Å². The Balaban J connectivity index is 1.91. The summed E-state index contributed by atoms with van der Waals surface area (Å²) in [5.74, 6) is 0.449. The molecule has 26 heavy (non-hydrogen) atoms. The van der Waals surface area contributed by atoms with E-state index in [1.807, 2.05) is 37.3 Å². The number of allylic oxidation sites excluding steroid dienone is 1. The first-order chi connectivity index (χ1) is 12.3. The van der Waals surface area contributed by atoms with Crippen LogP contribution in [-0.4, -0.2) is 9.55 Å². The van der Waals surface area contributed by atoms with E-state index in [2.05, 4.69) is 4.98 Å². The van der Waals surface area contributed by atoms with Gasteiger partial charge < -0.3 is 0 Å². The third kappa shape index (κ3) is 2.71. The highest BCUT2D eigenvalue weighted by atomic mass is 19.4. The highest BCUT2D eigenvalue weighted by molar-refractivity contribution is 5.85. The van der Waals surface area contributed by atoms with Gasteiger partial charge in [-0.3, -0.25) is 9.36 Å². The molecule has 0 saturated heterocycles. The van der Waals surface area contributed by atoms with Crippen LogP contribution in [0.3, 0.4) is 0 Å². The zero-order valence-corrected chi connectivity index (χ0v) is 14.0. The van der Waals surface area contributed by atoms with Crippen molar-refractivity contribution >= 4 is 22.6 Å². The van der Waals surface area contributed by atoms with Crippen molar-refractivity contribution in [2.45, 2.75) is 26.1 Å². The average Bonchev–Trinajstić information content (AvgIpc) is 2.99. The number of hydrogen-bond acceptors (Lipinski definition) is 2. The van der Waals surface area contributed by atoms with Crippen LogP contribution in [0.1, 0.15) is 28.9 Å². The zero-order chi connectivity index (χ0) is 18.5. The minimum atomic E-state index is -4.47. The molecule has 0 bridgehead atoms. The Morgan fingerprint density at radius 2 is 1.92 bits per heavy atom. The van der Waals surface area contributed by atoms with Crippen molar-refractivity contribution in [3.63, 3.8) is 0 Å². The normalized spacial score (nSPS) is 15.6. The number of halogens is 3. The van der Waals surface area contributed by atoms with Crippen LogP contribution in [0.4, 0.5) is 13.2 Å². The quantitative estimate of drug-likeness (QED) is 0.635. The molecule has 6 heteroatoms. The smallest absolute Gasteiger partial charge is 0.292 e. The van der Waals surface area contributed by atoms with Gasteiger partial charge in [-0.2, -0.15) is 13.2 Å². The van der Waals surface area contributed by atoms with E-state index < -0.39 is 11.7 Å². The summed E-state index contributed by atoms with van der Waals surface area (Å²) in [5, 5.41) is 0.207. The first-order valence-corrected chi connectivity index (χ1v) is 8.23. The number of alkyl halides is 3. The SMILES string of the molecule is Cc1ccccc1/C=C1\CCn2c1nc1cc(C(F)(F)F)ccc1c2=O. The van der Waals surface area contributed by atoms with E-state index in [0.717, 1.165) is 28.8 Å². The van der Waals surface area contributed by atoms with Gasteiger partial charge in [0.25, 0.3) is 5.56 Å². The molecule has 1 aliphatic rings. The number of aryl methyl sites for hydroxylation is 1. The van der Waals surface area contributed by atoms with Gasteiger partial charge in [0.1, 0.15) is 5.82 Å². The average molecular weight is 356 g/mol. The lowest BCUT2D eigenvalue weighted by Gasteiger charge is -2.09. The Kier molecular flexibility index (Phi) is 3.72. The van der Waals surface area contributed by atoms with Crippen LogP contribution in [0.25, 0.3) is 22.6 Å². The predicted octanol–water partition coefficient (Wildman–Crippen LogP) is 4.67. The number of fused-ring (bicyclic) bond motifs is 2. The Hall–Kier alpha value is -2.89. The van der Waals surface area contributed by atoms with E-state index in [0.29, 0.717) is 18.8 Å². The van der Waals surface area contributed by atoms with Crippen LogP contribution >= 0.6 is 0 Å². The summed E-state index contributed by atoms with van der Waals surface area (Å²) in [7, 11) is 0. The van der Waals surface area contributed by atoms with Crippen molar-refractivity contribution in [1.82, 2.24) is 9.55 Å². The predicted molar refractivity (Wildman–Crippen MR) is 94.7 cm³/mol. The number of aromatic nitrogens is 2. The van der Waals surface area contributed by atoms with Crippen molar-refractivity contribution in [1.29, 1.82) is 0 Å². The van der Waals surface area contributed by atoms with Crippen LogP contribution in [0.5, 0.6) is 0 Å². The van der Waals surface area contributed by atoms with Crippen molar-refractivity contribution in [3.05, 3.63) is 75.3 Å². The maximum absolute atomic E-state index is 13.0. The highest BCUT2D eigenvalue weighted by Crippen LogP contribution is 2.32. The second-order valence-electron chi connectivity index (χ2n) is 6.40. The Morgan fingerprint density at radius 3 is 2.65 bits per heavy atom.